The molecular formula is C17H14ClN5O4S2. The largest absolute Gasteiger partial charge is 0.360 e. The molecular weight excluding hydrogens is 438 g/mol. The first-order valence-electron chi connectivity index (χ1n) is 8.19. The fraction of sp³-hybridized carbons (Fsp3) is 0.118. The molecule has 1 aromatic carbocycles. The minimum Gasteiger partial charge on any atom is -0.360 e. The summed E-state index contributed by atoms with van der Waals surface area (Å²) in [6.45, 7) is 0. The van der Waals surface area contributed by atoms with Crippen molar-refractivity contribution in [1.82, 2.24) is 19.3 Å². The number of ketones is 1. The summed E-state index contributed by atoms with van der Waals surface area (Å²) in [7, 11) is 2.98. The third-order valence-electron chi connectivity index (χ3n) is 4.29. The number of imidazole rings is 1. The maximum absolute atomic E-state index is 12.5. The molecule has 0 aliphatic heterocycles. The highest BCUT2D eigenvalue weighted by Crippen LogP contribution is 2.36. The molecule has 1 atom stereocenters. The fourth-order valence-electron chi connectivity index (χ4n) is 2.96. The Kier molecular flexibility index (Phi) is 4.90. The van der Waals surface area contributed by atoms with Crippen molar-refractivity contribution in [2.24, 2.45) is 0 Å². The fourth-order valence-corrected chi connectivity index (χ4v) is 4.64. The highest BCUT2D eigenvalue weighted by atomic mass is 35.5. The first-order valence-corrected chi connectivity index (χ1v) is 10.5. The summed E-state index contributed by atoms with van der Waals surface area (Å²) < 4.78 is 24.9. The molecule has 0 bridgehead atoms. The quantitative estimate of drug-likeness (QED) is 0.275. The molecule has 0 aliphatic carbocycles. The van der Waals surface area contributed by atoms with Gasteiger partial charge in [-0.05, 0) is 18.2 Å². The summed E-state index contributed by atoms with van der Waals surface area (Å²) in [6, 6.07) is 4.82. The van der Waals surface area contributed by atoms with Gasteiger partial charge in [-0.3, -0.25) is 18.5 Å². The number of nitrogens with one attached hydrogen (secondary N) is 1. The van der Waals surface area contributed by atoms with Gasteiger partial charge in [0.2, 0.25) is 0 Å². The van der Waals surface area contributed by atoms with Gasteiger partial charge in [-0.1, -0.05) is 11.6 Å². The second-order valence-corrected chi connectivity index (χ2v) is 8.33. The first-order chi connectivity index (χ1) is 13.8. The van der Waals surface area contributed by atoms with Gasteiger partial charge in [-0.2, -0.15) is 0 Å². The number of thiazole rings is 1. The van der Waals surface area contributed by atoms with Gasteiger partial charge in [0.05, 0.1) is 11.3 Å². The number of H-pyrrole nitrogens is 1. The highest BCUT2D eigenvalue weighted by molar-refractivity contribution is 7.81. The molecule has 0 saturated heterocycles. The van der Waals surface area contributed by atoms with E-state index >= 15 is 0 Å². The van der Waals surface area contributed by atoms with Crippen molar-refractivity contribution in [3.05, 3.63) is 46.7 Å². The van der Waals surface area contributed by atoms with Crippen LogP contribution in [0.1, 0.15) is 10.4 Å². The van der Waals surface area contributed by atoms with Crippen LogP contribution in [0.25, 0.3) is 15.9 Å². The number of Topliss-reactive ketones (excluding diaryl/α,β-unsaturated/α-hetero) is 1. The third-order valence-corrected chi connectivity index (χ3v) is 6.00. The van der Waals surface area contributed by atoms with Crippen molar-refractivity contribution < 1.29 is 18.4 Å². The number of anilines is 2. The van der Waals surface area contributed by atoms with E-state index in [1.54, 1.807) is 34.2 Å². The zero-order valence-electron chi connectivity index (χ0n) is 15.1. The molecule has 3 heterocycles. The van der Waals surface area contributed by atoms with Crippen LogP contribution in [0.15, 0.2) is 36.0 Å². The monoisotopic (exact) mass is 451 g/mol. The molecule has 4 rings (SSSR count). The number of hydrogen-bond acceptors (Lipinski definition) is 5. The van der Waals surface area contributed by atoms with Crippen molar-refractivity contribution in [2.45, 2.75) is 0 Å². The third kappa shape index (κ3) is 3.21. The lowest BCUT2D eigenvalue weighted by atomic mass is 10.1. The average Bonchev–Trinajstić information content (AvgIpc) is 3.36. The van der Waals surface area contributed by atoms with Gasteiger partial charge < -0.3 is 9.88 Å². The second-order valence-electron chi connectivity index (χ2n) is 6.27. The van der Waals surface area contributed by atoms with Crippen molar-refractivity contribution >= 4 is 73.3 Å². The highest BCUT2D eigenvalue weighted by Gasteiger charge is 2.26. The number of hydrogen-bond donors (Lipinski definition) is 2. The standard InChI is InChI=1S/C17H14ClN5O4S2/c1-21(2)16(25)13(24)11-8-19-12-4-3-9(7-10(11)12)23(29(26)27)15-14(18)20-17-22(15)5-6-28-17/h3-8,19H,1-2H3,(H,26,27). The van der Waals surface area contributed by atoms with E-state index in [-0.39, 0.29) is 16.5 Å². The maximum atomic E-state index is 12.5. The topological polar surface area (TPSA) is 111 Å². The Morgan fingerprint density at radius 3 is 2.79 bits per heavy atom. The molecule has 29 heavy (non-hydrogen) atoms. The van der Waals surface area contributed by atoms with Gasteiger partial charge in [0.25, 0.3) is 23.0 Å². The zero-order valence-corrected chi connectivity index (χ0v) is 17.5. The van der Waals surface area contributed by atoms with Crippen molar-refractivity contribution in [3.63, 3.8) is 0 Å². The van der Waals surface area contributed by atoms with E-state index < -0.39 is 23.0 Å². The van der Waals surface area contributed by atoms with Crippen molar-refractivity contribution in [1.29, 1.82) is 0 Å². The van der Waals surface area contributed by atoms with Gasteiger partial charge in [-0.25, -0.2) is 13.5 Å². The number of halogens is 1. The zero-order chi connectivity index (χ0) is 20.9. The van der Waals surface area contributed by atoms with E-state index in [9.17, 15) is 18.4 Å². The van der Waals surface area contributed by atoms with Gasteiger partial charge in [0.1, 0.15) is 0 Å². The Hall–Kier alpha value is -2.73. The smallest absolute Gasteiger partial charge is 0.294 e. The van der Waals surface area contributed by atoms with E-state index in [1.807, 2.05) is 0 Å². The van der Waals surface area contributed by atoms with Gasteiger partial charge in [-0.15, -0.1) is 11.3 Å². The number of amides is 1. The molecule has 12 heteroatoms. The Bertz CT molecular complexity index is 1290. The predicted octanol–water partition coefficient (Wildman–Crippen LogP) is 3.08. The molecule has 4 aromatic rings. The number of aromatic amines is 1. The molecule has 2 N–H and O–H groups in total. The Morgan fingerprint density at radius 1 is 1.34 bits per heavy atom. The summed E-state index contributed by atoms with van der Waals surface area (Å²) in [5.41, 5.74) is 1.08. The minimum absolute atomic E-state index is 0.0625. The molecule has 0 spiro atoms. The van der Waals surface area contributed by atoms with Crippen LogP contribution < -0.4 is 4.31 Å². The molecule has 1 amide bonds. The number of carbonyl (C=O) groups is 2. The Morgan fingerprint density at radius 2 is 2.10 bits per heavy atom. The molecule has 0 fully saturated rings. The number of nitrogens with zero attached hydrogens (tertiary/aromatic N) is 4. The van der Waals surface area contributed by atoms with Crippen LogP contribution in [-0.4, -0.2) is 53.8 Å². The van der Waals surface area contributed by atoms with Gasteiger partial charge in [0.15, 0.2) is 15.9 Å². The van der Waals surface area contributed by atoms with E-state index in [1.165, 1.54) is 36.5 Å². The molecule has 150 valence electrons. The summed E-state index contributed by atoms with van der Waals surface area (Å²) in [4.78, 5) is 33.5. The summed E-state index contributed by atoms with van der Waals surface area (Å²) in [5, 5.41) is 2.28. The van der Waals surface area contributed by atoms with Crippen molar-refractivity contribution in [2.75, 3.05) is 18.4 Å². The van der Waals surface area contributed by atoms with E-state index in [4.69, 9.17) is 11.6 Å². The van der Waals surface area contributed by atoms with Crippen LogP contribution in [0.3, 0.4) is 0 Å². The predicted molar refractivity (Wildman–Crippen MR) is 112 cm³/mol. The molecule has 1 unspecified atom stereocenters. The van der Waals surface area contributed by atoms with Crippen molar-refractivity contribution in [3.8, 4) is 0 Å². The molecule has 0 aliphatic rings. The lowest BCUT2D eigenvalue weighted by Crippen LogP contribution is -2.29. The molecule has 0 saturated carbocycles. The summed E-state index contributed by atoms with van der Waals surface area (Å²) in [6.07, 6.45) is 3.13. The Balaban J connectivity index is 1.88. The number of benzene rings is 1. The van der Waals surface area contributed by atoms with E-state index in [0.29, 0.717) is 21.6 Å². The number of aromatic nitrogens is 3. The van der Waals surface area contributed by atoms with Crippen LogP contribution in [0.5, 0.6) is 0 Å². The lowest BCUT2D eigenvalue weighted by Gasteiger charge is -2.19. The van der Waals surface area contributed by atoms with E-state index in [2.05, 4.69) is 9.97 Å². The number of likely N-dealkylation sites (N-methyl/N-ethyl adjacent to an activating group) is 1. The normalized spacial score (nSPS) is 12.4. The van der Waals surface area contributed by atoms with Crippen LogP contribution in [-0.2, 0) is 16.1 Å². The molecule has 0 radical (unpaired) electrons. The second kappa shape index (κ2) is 7.26. The summed E-state index contributed by atoms with van der Waals surface area (Å²) >= 11 is 5.09. The lowest BCUT2D eigenvalue weighted by molar-refractivity contribution is -0.124. The SMILES string of the molecule is CN(C)C(=O)C(=O)c1c[nH]c2ccc(N(c3c(Cl)nc4sccn34)S(=O)O)cc12. The number of carbonyl (C=O) groups excluding carboxylic acids is 2. The van der Waals surface area contributed by atoms with Gasteiger partial charge in [0, 0.05) is 42.8 Å². The maximum Gasteiger partial charge on any atom is 0.294 e. The Labute approximate surface area is 175 Å². The number of rotatable bonds is 5. The van der Waals surface area contributed by atoms with E-state index in [0.717, 1.165) is 4.31 Å². The molecule has 9 nitrogen and oxygen atoms in total. The van der Waals surface area contributed by atoms with Crippen LogP contribution in [0, 0.1) is 0 Å². The van der Waals surface area contributed by atoms with Crippen LogP contribution in [0.4, 0.5) is 11.5 Å². The van der Waals surface area contributed by atoms with Crippen LogP contribution in [0.2, 0.25) is 5.15 Å². The number of fused-ring (bicyclic) bond motifs is 2. The average molecular weight is 452 g/mol. The van der Waals surface area contributed by atoms with Gasteiger partial charge >= 0.3 is 0 Å². The van der Waals surface area contributed by atoms with Crippen LogP contribution >= 0.6 is 22.9 Å². The summed E-state index contributed by atoms with van der Waals surface area (Å²) in [5.74, 6) is -1.13. The molecule has 3 aromatic heterocycles. The first kappa shape index (κ1) is 19.6. The minimum atomic E-state index is -2.48.